The van der Waals surface area contributed by atoms with Gasteiger partial charge in [-0.15, -0.1) is 0 Å². The maximum absolute atomic E-state index is 12.3. The number of ether oxygens (including phenoxy) is 1. The number of amides is 1. The number of benzene rings is 1. The van der Waals surface area contributed by atoms with Crippen LogP contribution in [0.3, 0.4) is 0 Å². The van der Waals surface area contributed by atoms with Crippen molar-refractivity contribution in [2.24, 2.45) is 5.92 Å². The minimum absolute atomic E-state index is 0.271. The summed E-state index contributed by atoms with van der Waals surface area (Å²) in [5.74, 6) is -0.0443. The van der Waals surface area contributed by atoms with Crippen molar-refractivity contribution in [1.82, 2.24) is 15.4 Å². The minimum Gasteiger partial charge on any atom is -0.497 e. The molecule has 1 saturated heterocycles. The molecule has 0 atom stereocenters. The van der Waals surface area contributed by atoms with Crippen LogP contribution in [0.2, 0.25) is 0 Å². The Balaban J connectivity index is 1.64. The number of hydrogen-bond acceptors (Lipinski definition) is 8. The number of aromatic nitrogens is 2. The Kier molecular flexibility index (Phi) is 5.78. The van der Waals surface area contributed by atoms with E-state index >= 15 is 0 Å². The van der Waals surface area contributed by atoms with Crippen LogP contribution in [-0.2, 0) is 4.79 Å². The van der Waals surface area contributed by atoms with Gasteiger partial charge in [-0.2, -0.15) is 0 Å². The quantitative estimate of drug-likeness (QED) is 0.537. The van der Waals surface area contributed by atoms with Crippen LogP contribution >= 0.6 is 0 Å². The van der Waals surface area contributed by atoms with Gasteiger partial charge in [-0.1, -0.05) is 0 Å². The number of nitrogens with zero attached hydrogens (tertiary/aromatic N) is 3. The number of hydrazine groups is 1. The SMILES string of the molecule is COc1ccc(C(=O)NNc2ncnc(N3CCC(C(=O)O)CC3)c2N)cc1. The van der Waals surface area contributed by atoms with Crippen molar-refractivity contribution in [3.63, 3.8) is 0 Å². The van der Waals surface area contributed by atoms with E-state index in [4.69, 9.17) is 15.6 Å². The number of rotatable bonds is 6. The standard InChI is InChI=1S/C18H22N6O4/c1-28-13-4-2-11(3-5-13)17(25)23-22-15-14(19)16(21-10-20-15)24-8-6-12(7-9-24)18(26)27/h2-5,10,12H,6-9,19H2,1H3,(H,23,25)(H,26,27)(H,20,21,22). The summed E-state index contributed by atoms with van der Waals surface area (Å²) in [6, 6.07) is 6.65. The average Bonchev–Trinajstić information content (AvgIpc) is 2.73. The Morgan fingerprint density at radius 2 is 1.89 bits per heavy atom. The third-order valence-corrected chi connectivity index (χ3v) is 4.65. The van der Waals surface area contributed by atoms with Gasteiger partial charge in [0, 0.05) is 18.7 Å². The number of methoxy groups -OCH3 is 1. The fourth-order valence-corrected chi connectivity index (χ4v) is 3.01. The van der Waals surface area contributed by atoms with Gasteiger partial charge in [0.15, 0.2) is 11.6 Å². The third-order valence-electron chi connectivity index (χ3n) is 4.65. The van der Waals surface area contributed by atoms with E-state index < -0.39 is 5.97 Å². The predicted molar refractivity (Wildman–Crippen MR) is 103 cm³/mol. The fraction of sp³-hybridized carbons (Fsp3) is 0.333. The zero-order valence-electron chi connectivity index (χ0n) is 15.4. The number of hydrogen-bond donors (Lipinski definition) is 4. The largest absolute Gasteiger partial charge is 0.497 e. The molecule has 1 amide bonds. The first-order chi connectivity index (χ1) is 13.5. The molecule has 3 rings (SSSR count). The molecular formula is C18H22N6O4. The van der Waals surface area contributed by atoms with Crippen molar-refractivity contribution in [2.45, 2.75) is 12.8 Å². The number of nitrogen functional groups attached to an aromatic ring is 1. The van der Waals surface area contributed by atoms with E-state index in [2.05, 4.69) is 20.8 Å². The summed E-state index contributed by atoms with van der Waals surface area (Å²) in [5, 5.41) is 9.11. The number of nitrogens with one attached hydrogen (secondary N) is 2. The number of carbonyl (C=O) groups excluding carboxylic acids is 1. The van der Waals surface area contributed by atoms with Crippen molar-refractivity contribution in [3.8, 4) is 5.75 Å². The van der Waals surface area contributed by atoms with Crippen LogP contribution in [0.25, 0.3) is 0 Å². The molecule has 1 aliphatic heterocycles. The van der Waals surface area contributed by atoms with Crippen LogP contribution in [0.15, 0.2) is 30.6 Å². The van der Waals surface area contributed by atoms with Crippen LogP contribution in [0.4, 0.5) is 17.3 Å². The van der Waals surface area contributed by atoms with Crippen LogP contribution in [0, 0.1) is 5.92 Å². The summed E-state index contributed by atoms with van der Waals surface area (Å²) >= 11 is 0. The molecular weight excluding hydrogens is 364 g/mol. The zero-order chi connectivity index (χ0) is 20.1. The predicted octanol–water partition coefficient (Wildman–Crippen LogP) is 1.13. The highest BCUT2D eigenvalue weighted by Gasteiger charge is 2.26. The van der Waals surface area contributed by atoms with Gasteiger partial charge in [-0.05, 0) is 37.1 Å². The van der Waals surface area contributed by atoms with E-state index in [1.165, 1.54) is 6.33 Å². The summed E-state index contributed by atoms with van der Waals surface area (Å²) in [4.78, 5) is 33.5. The average molecular weight is 386 g/mol. The van der Waals surface area contributed by atoms with Crippen LogP contribution in [0.1, 0.15) is 23.2 Å². The highest BCUT2D eigenvalue weighted by atomic mass is 16.5. The molecule has 2 heterocycles. The lowest BCUT2D eigenvalue weighted by Gasteiger charge is -2.31. The van der Waals surface area contributed by atoms with E-state index in [0.29, 0.717) is 43.1 Å². The Bertz CT molecular complexity index is 850. The molecule has 2 aromatic rings. The lowest BCUT2D eigenvalue weighted by Crippen LogP contribution is -2.37. The smallest absolute Gasteiger partial charge is 0.306 e. The first kappa shape index (κ1) is 19.2. The second-order valence-corrected chi connectivity index (χ2v) is 6.37. The van der Waals surface area contributed by atoms with Crippen LogP contribution in [-0.4, -0.2) is 47.2 Å². The van der Waals surface area contributed by atoms with Crippen LogP contribution < -0.4 is 26.2 Å². The molecule has 5 N–H and O–H groups in total. The maximum Gasteiger partial charge on any atom is 0.306 e. The number of piperidine rings is 1. The Hall–Kier alpha value is -3.56. The summed E-state index contributed by atoms with van der Waals surface area (Å²) < 4.78 is 5.07. The molecule has 0 unspecified atom stereocenters. The van der Waals surface area contributed by atoms with Crippen molar-refractivity contribution in [3.05, 3.63) is 36.2 Å². The van der Waals surface area contributed by atoms with Crippen molar-refractivity contribution < 1.29 is 19.4 Å². The van der Waals surface area contributed by atoms with Gasteiger partial charge >= 0.3 is 5.97 Å². The molecule has 1 aliphatic rings. The lowest BCUT2D eigenvalue weighted by molar-refractivity contribution is -0.142. The van der Waals surface area contributed by atoms with E-state index in [-0.39, 0.29) is 23.3 Å². The number of nitrogens with two attached hydrogens (primary N) is 1. The van der Waals surface area contributed by atoms with E-state index in [9.17, 15) is 9.59 Å². The summed E-state index contributed by atoms with van der Waals surface area (Å²) in [6.07, 6.45) is 2.39. The molecule has 0 aliphatic carbocycles. The van der Waals surface area contributed by atoms with Gasteiger partial charge in [0.1, 0.15) is 17.8 Å². The lowest BCUT2D eigenvalue weighted by atomic mass is 9.97. The molecule has 1 fully saturated rings. The molecule has 148 valence electrons. The maximum atomic E-state index is 12.3. The molecule has 28 heavy (non-hydrogen) atoms. The first-order valence-corrected chi connectivity index (χ1v) is 8.78. The molecule has 10 nitrogen and oxygen atoms in total. The minimum atomic E-state index is -0.779. The second kappa shape index (κ2) is 8.42. The summed E-state index contributed by atoms with van der Waals surface area (Å²) in [5.41, 5.74) is 12.2. The molecule has 0 radical (unpaired) electrons. The van der Waals surface area contributed by atoms with Gasteiger partial charge in [-0.3, -0.25) is 20.4 Å². The molecule has 1 aromatic heterocycles. The number of aliphatic carboxylic acids is 1. The highest BCUT2D eigenvalue weighted by Crippen LogP contribution is 2.29. The summed E-state index contributed by atoms with van der Waals surface area (Å²) in [7, 11) is 1.55. The monoisotopic (exact) mass is 386 g/mol. The van der Waals surface area contributed by atoms with Crippen molar-refractivity contribution in [1.29, 1.82) is 0 Å². The molecule has 10 heteroatoms. The van der Waals surface area contributed by atoms with E-state index in [0.717, 1.165) is 0 Å². The second-order valence-electron chi connectivity index (χ2n) is 6.37. The Morgan fingerprint density at radius 3 is 2.50 bits per heavy atom. The van der Waals surface area contributed by atoms with Crippen molar-refractivity contribution in [2.75, 3.05) is 36.3 Å². The van der Waals surface area contributed by atoms with Gasteiger partial charge in [-0.25, -0.2) is 9.97 Å². The first-order valence-electron chi connectivity index (χ1n) is 8.78. The number of carbonyl (C=O) groups is 2. The normalized spacial score (nSPS) is 14.4. The van der Waals surface area contributed by atoms with Gasteiger partial charge in [0.25, 0.3) is 5.91 Å². The number of anilines is 3. The van der Waals surface area contributed by atoms with Gasteiger partial charge < -0.3 is 20.5 Å². The number of carboxylic acid groups (broad SMARTS) is 1. The summed E-state index contributed by atoms with van der Waals surface area (Å²) in [6.45, 7) is 1.08. The Morgan fingerprint density at radius 1 is 1.21 bits per heavy atom. The van der Waals surface area contributed by atoms with Gasteiger partial charge in [0.05, 0.1) is 13.0 Å². The topological polar surface area (TPSA) is 143 Å². The molecule has 0 spiro atoms. The highest BCUT2D eigenvalue weighted by molar-refractivity contribution is 5.95. The van der Waals surface area contributed by atoms with E-state index in [1.807, 2.05) is 4.90 Å². The van der Waals surface area contributed by atoms with E-state index in [1.54, 1.807) is 31.4 Å². The van der Waals surface area contributed by atoms with Crippen LogP contribution in [0.5, 0.6) is 5.75 Å². The van der Waals surface area contributed by atoms with Gasteiger partial charge in [0.2, 0.25) is 0 Å². The number of carboxylic acids is 1. The molecule has 0 saturated carbocycles. The molecule has 0 bridgehead atoms. The fourth-order valence-electron chi connectivity index (χ4n) is 3.01. The zero-order valence-corrected chi connectivity index (χ0v) is 15.4. The van der Waals surface area contributed by atoms with Crippen molar-refractivity contribution >= 4 is 29.2 Å². The third kappa shape index (κ3) is 4.22. The molecule has 1 aromatic carbocycles. The Labute approximate surface area is 161 Å².